The SMILES string of the molecule is Cc1ccc(-c2cc[n+]3c(c2)-c2cc(C(C)(C)C)cc4c2C32Oc3ccccc3-c3n(-c5cc(-c6ccccc6)c(C)cc5-c5ccccc5)c5cccc-4c5[n+]32)cc1. The number of imidazole rings is 1. The molecule has 2 aromatic heterocycles. The maximum Gasteiger partial charge on any atom is 0.499 e. The van der Waals surface area contributed by atoms with E-state index >= 15 is 0 Å². The van der Waals surface area contributed by atoms with Gasteiger partial charge in [0.05, 0.1) is 5.56 Å². The van der Waals surface area contributed by atoms with Crippen LogP contribution in [-0.4, -0.2) is 4.57 Å². The van der Waals surface area contributed by atoms with Gasteiger partial charge in [-0.25, -0.2) is 0 Å². The van der Waals surface area contributed by atoms with E-state index in [4.69, 9.17) is 4.74 Å². The lowest BCUT2D eigenvalue weighted by molar-refractivity contribution is -0.997. The molecule has 0 radical (unpaired) electrons. The van der Waals surface area contributed by atoms with E-state index in [1.54, 1.807) is 0 Å². The van der Waals surface area contributed by atoms with Crippen LogP contribution in [0.2, 0.25) is 0 Å². The lowest BCUT2D eigenvalue weighted by Gasteiger charge is -2.33. The van der Waals surface area contributed by atoms with Crippen molar-refractivity contribution < 1.29 is 13.9 Å². The number of fused-ring (bicyclic) bond motifs is 5. The van der Waals surface area contributed by atoms with Crippen molar-refractivity contribution in [3.63, 3.8) is 0 Å². The van der Waals surface area contributed by atoms with Gasteiger partial charge in [0.1, 0.15) is 22.6 Å². The number of para-hydroxylation sites is 2. The van der Waals surface area contributed by atoms with Crippen LogP contribution in [0.15, 0.2) is 170 Å². The van der Waals surface area contributed by atoms with E-state index in [1.165, 1.54) is 72.3 Å². The smallest absolute Gasteiger partial charge is 0.392 e. The van der Waals surface area contributed by atoms with Gasteiger partial charge in [0.2, 0.25) is 5.69 Å². The molecule has 0 bridgehead atoms. The Morgan fingerprint density at radius 2 is 1.22 bits per heavy atom. The lowest BCUT2D eigenvalue weighted by atomic mass is 9.80. The van der Waals surface area contributed by atoms with Crippen molar-refractivity contribution in [2.75, 3.05) is 0 Å². The van der Waals surface area contributed by atoms with Gasteiger partial charge in [0, 0.05) is 28.8 Å². The van der Waals surface area contributed by atoms with E-state index in [0.29, 0.717) is 0 Å². The topological polar surface area (TPSA) is 21.9 Å². The maximum absolute atomic E-state index is 7.68. The van der Waals surface area contributed by atoms with Gasteiger partial charge in [-0.15, -0.1) is 9.13 Å². The van der Waals surface area contributed by atoms with E-state index in [1.807, 2.05) is 0 Å². The van der Waals surface area contributed by atoms with Crippen molar-refractivity contribution in [3.05, 3.63) is 192 Å². The van der Waals surface area contributed by atoms with Crippen LogP contribution in [0.3, 0.4) is 0 Å². The highest BCUT2D eigenvalue weighted by Crippen LogP contribution is 2.54. The first kappa shape index (κ1) is 34.0. The zero-order valence-corrected chi connectivity index (χ0v) is 33.9. The molecule has 3 aliphatic heterocycles. The Hall–Kier alpha value is -7.04. The molecular weight excluding hydrogens is 719 g/mol. The molecule has 9 aromatic rings. The number of aromatic nitrogens is 3. The van der Waals surface area contributed by atoms with E-state index in [-0.39, 0.29) is 5.41 Å². The summed E-state index contributed by atoms with van der Waals surface area (Å²) in [6, 6.07) is 60.3. The highest BCUT2D eigenvalue weighted by Gasteiger charge is 2.68. The van der Waals surface area contributed by atoms with Crippen molar-refractivity contribution in [1.82, 2.24) is 4.57 Å². The van der Waals surface area contributed by atoms with Crippen LogP contribution in [0.5, 0.6) is 5.75 Å². The Morgan fingerprint density at radius 3 is 1.97 bits per heavy atom. The van der Waals surface area contributed by atoms with Crippen molar-refractivity contribution in [2.45, 2.75) is 45.9 Å². The quantitative estimate of drug-likeness (QED) is 0.164. The molecule has 4 heteroatoms. The normalized spacial score (nSPS) is 15.4. The summed E-state index contributed by atoms with van der Waals surface area (Å²) < 4.78 is 15.2. The minimum absolute atomic E-state index is 0.0839. The molecule has 1 unspecified atom stereocenters. The van der Waals surface area contributed by atoms with Crippen molar-refractivity contribution in [2.24, 2.45) is 0 Å². The van der Waals surface area contributed by atoms with Crippen molar-refractivity contribution >= 4 is 11.0 Å². The number of hydrogen-bond donors (Lipinski definition) is 0. The Kier molecular flexibility index (Phi) is 6.92. The number of benzene rings is 7. The van der Waals surface area contributed by atoms with Gasteiger partial charge >= 0.3 is 11.7 Å². The molecule has 5 heterocycles. The highest BCUT2D eigenvalue weighted by molar-refractivity contribution is 5.99. The number of rotatable bonds is 4. The van der Waals surface area contributed by atoms with Gasteiger partial charge in [-0.05, 0) is 107 Å². The van der Waals surface area contributed by atoms with E-state index in [0.717, 1.165) is 39.6 Å². The zero-order chi connectivity index (χ0) is 39.8. The Labute approximate surface area is 344 Å². The molecule has 0 fully saturated rings. The van der Waals surface area contributed by atoms with Crippen LogP contribution in [0.4, 0.5) is 0 Å². The minimum atomic E-state index is -1.02. The van der Waals surface area contributed by atoms with Gasteiger partial charge < -0.3 is 4.74 Å². The second kappa shape index (κ2) is 12.0. The second-order valence-electron chi connectivity index (χ2n) is 17.5. The number of nitrogens with zero attached hydrogens (tertiary/aromatic N) is 3. The van der Waals surface area contributed by atoms with E-state index < -0.39 is 5.85 Å². The fraction of sp³-hybridized carbons (Fsp3) is 0.127. The van der Waals surface area contributed by atoms with Gasteiger partial charge in [0.15, 0.2) is 17.2 Å². The Morgan fingerprint density at radius 1 is 0.542 bits per heavy atom. The van der Waals surface area contributed by atoms with Crippen LogP contribution in [0.25, 0.3) is 83.9 Å². The average molecular weight is 762 g/mol. The van der Waals surface area contributed by atoms with E-state index in [2.05, 4.69) is 218 Å². The van der Waals surface area contributed by atoms with Gasteiger partial charge in [-0.1, -0.05) is 129 Å². The van der Waals surface area contributed by atoms with E-state index in [9.17, 15) is 0 Å². The predicted molar refractivity (Wildman–Crippen MR) is 238 cm³/mol. The third-order valence-corrected chi connectivity index (χ3v) is 12.9. The molecular formula is C55H43N3O+2. The number of ether oxygens (including phenoxy) is 1. The molecule has 0 saturated heterocycles. The first-order valence-corrected chi connectivity index (χ1v) is 20.7. The summed E-state index contributed by atoms with van der Waals surface area (Å²) in [5.41, 5.74) is 21.3. The average Bonchev–Trinajstić information content (AvgIpc) is 3.75. The molecule has 0 saturated carbocycles. The fourth-order valence-corrected chi connectivity index (χ4v) is 10.0. The summed E-state index contributed by atoms with van der Waals surface area (Å²) in [5.74, 6) is 0.925. The molecule has 1 spiro atoms. The first-order chi connectivity index (χ1) is 28.7. The molecule has 4 nitrogen and oxygen atoms in total. The third-order valence-electron chi connectivity index (χ3n) is 12.9. The molecule has 0 aliphatic carbocycles. The molecule has 7 aromatic carbocycles. The molecule has 1 atom stereocenters. The summed E-state index contributed by atoms with van der Waals surface area (Å²) in [4.78, 5) is 0. The molecule has 0 N–H and O–H groups in total. The number of pyridine rings is 1. The zero-order valence-electron chi connectivity index (χ0n) is 33.9. The molecule has 0 amide bonds. The van der Waals surface area contributed by atoms with Crippen LogP contribution in [0, 0.1) is 13.8 Å². The Bertz CT molecular complexity index is 3230. The molecule has 3 aliphatic rings. The van der Waals surface area contributed by atoms with Crippen LogP contribution < -0.4 is 13.9 Å². The first-order valence-electron chi connectivity index (χ1n) is 20.7. The standard InChI is InChI=1S/C55H43N3O/c1-34-23-25-36(26-24-34)39-27-28-56-48(30-39)46-32-40(54(3,4)5)31-45-41-20-14-21-47-52(41)58-53(42-19-12-13-22-50(42)59-55(56,58)51(45)46)57(47)49-33-43(37-15-8-6-9-16-37)35(2)29-44(49)38-17-10-7-11-18-38/h6-33H,1-5H3/q+2. The second-order valence-corrected chi connectivity index (χ2v) is 17.5. The largest absolute Gasteiger partial charge is 0.499 e. The summed E-state index contributed by atoms with van der Waals surface area (Å²) in [6.07, 6.45) is 2.27. The number of hydrogen-bond acceptors (Lipinski definition) is 1. The predicted octanol–water partition coefficient (Wildman–Crippen LogP) is 12.3. The van der Waals surface area contributed by atoms with Crippen molar-refractivity contribution in [3.8, 4) is 78.6 Å². The summed E-state index contributed by atoms with van der Waals surface area (Å²) in [6.45, 7) is 11.3. The van der Waals surface area contributed by atoms with Crippen LogP contribution in [0.1, 0.15) is 43.0 Å². The van der Waals surface area contributed by atoms with Crippen LogP contribution in [-0.2, 0) is 11.3 Å². The summed E-state index contributed by atoms with van der Waals surface area (Å²) in [7, 11) is 0. The van der Waals surface area contributed by atoms with Gasteiger partial charge in [-0.2, -0.15) is 4.57 Å². The lowest BCUT2D eigenvalue weighted by Crippen LogP contribution is -2.78. The third kappa shape index (κ3) is 4.66. The minimum Gasteiger partial charge on any atom is -0.392 e. The van der Waals surface area contributed by atoms with Crippen molar-refractivity contribution in [1.29, 1.82) is 0 Å². The van der Waals surface area contributed by atoms with Crippen LogP contribution >= 0.6 is 0 Å². The van der Waals surface area contributed by atoms with Gasteiger partial charge in [-0.3, -0.25) is 0 Å². The summed E-state index contributed by atoms with van der Waals surface area (Å²) in [5, 5.41) is 0. The molecule has 12 rings (SSSR count). The van der Waals surface area contributed by atoms with Gasteiger partial charge in [0.25, 0.3) is 0 Å². The highest BCUT2D eigenvalue weighted by atomic mass is 16.5. The maximum atomic E-state index is 7.68. The molecule has 282 valence electrons. The summed E-state index contributed by atoms with van der Waals surface area (Å²) >= 11 is 0. The fourth-order valence-electron chi connectivity index (χ4n) is 10.0. The monoisotopic (exact) mass is 761 g/mol. The number of aryl methyl sites for hydroxylation is 2. The Balaban J connectivity index is 1.26. The molecule has 59 heavy (non-hydrogen) atoms.